The number of guanidine groups is 1. The monoisotopic (exact) mass is 375 g/mol. The van der Waals surface area contributed by atoms with Gasteiger partial charge in [0.2, 0.25) is 11.8 Å². The average Bonchev–Trinajstić information content (AvgIpc) is 2.49. The van der Waals surface area contributed by atoms with Crippen molar-refractivity contribution in [1.82, 2.24) is 21.4 Å². The average molecular weight is 375 g/mol. The van der Waals surface area contributed by atoms with Crippen molar-refractivity contribution in [2.45, 2.75) is 39.2 Å². The van der Waals surface area contributed by atoms with Crippen LogP contribution in [0.1, 0.15) is 33.1 Å². The number of thioether (sulfide) groups is 1. The fourth-order valence-electron chi connectivity index (χ4n) is 1.78. The van der Waals surface area contributed by atoms with Crippen molar-refractivity contribution in [2.24, 2.45) is 5.92 Å². The molecule has 0 aliphatic carbocycles. The smallest absolute Gasteiger partial charge is 0.251 e. The molecule has 0 unspecified atom stereocenters. The minimum Gasteiger partial charge on any atom is -0.352 e. The Bertz CT molecular complexity index is 461. The molecule has 2 amide bonds. The van der Waals surface area contributed by atoms with Gasteiger partial charge in [0.15, 0.2) is 5.03 Å². The zero-order valence-corrected chi connectivity index (χ0v) is 15.6. The van der Waals surface area contributed by atoms with Crippen LogP contribution < -0.4 is 21.4 Å². The van der Waals surface area contributed by atoms with E-state index in [1.54, 1.807) is 18.2 Å². The van der Waals surface area contributed by atoms with Gasteiger partial charge >= 0.3 is 0 Å². The molecule has 143 valence electrons. The number of amides is 2. The van der Waals surface area contributed by atoms with Crippen molar-refractivity contribution in [3.63, 3.8) is 0 Å². The minimum absolute atomic E-state index is 0.229. The summed E-state index contributed by atoms with van der Waals surface area (Å²) in [5.41, 5.74) is 1.68. The number of hydrogen-bond donors (Lipinski definition) is 5. The van der Waals surface area contributed by atoms with Crippen LogP contribution in [0.5, 0.6) is 0 Å². The van der Waals surface area contributed by atoms with E-state index in [-0.39, 0.29) is 24.1 Å². The van der Waals surface area contributed by atoms with Crippen LogP contribution in [0.25, 0.3) is 0 Å². The fourth-order valence-corrected chi connectivity index (χ4v) is 2.13. The molecule has 0 aliphatic rings. The summed E-state index contributed by atoms with van der Waals surface area (Å²) in [4.78, 5) is 34.1. The van der Waals surface area contributed by atoms with Gasteiger partial charge in [0.1, 0.15) is 6.04 Å². The molecule has 0 fully saturated rings. The standard InChI is InChI=1S/C14H27N6O4S/c1-10(2)6-8-16-13(22)11(18-12(21)9-25-3)5-4-7-17-14(15)19-20(23)24/h8,10-11H,4-7,9H2,1-3H3,(H,16,22)(H,18,21)(H3,15,17,19)/t11-/m0/s1. The predicted octanol–water partition coefficient (Wildman–Crippen LogP) is 0.244. The number of nitro groups is 1. The van der Waals surface area contributed by atoms with Crippen LogP contribution in [0, 0.1) is 28.0 Å². The molecule has 11 heteroatoms. The molecule has 0 heterocycles. The molecule has 0 saturated heterocycles. The molecule has 0 aromatic rings. The number of hydrogen-bond acceptors (Lipinski definition) is 6. The molecule has 0 aliphatic heterocycles. The second kappa shape index (κ2) is 13.3. The van der Waals surface area contributed by atoms with Crippen LogP contribution in [-0.4, -0.2) is 47.4 Å². The van der Waals surface area contributed by atoms with E-state index in [0.717, 1.165) is 6.42 Å². The van der Waals surface area contributed by atoms with Crippen molar-refractivity contribution in [3.8, 4) is 0 Å². The van der Waals surface area contributed by atoms with Crippen molar-refractivity contribution < 1.29 is 14.6 Å². The SMILES string of the molecule is CSCC(=O)N[C@@H](CCCNC(=N)N[N+](=O)[O-])C(=O)N[CH]CC(C)C. The van der Waals surface area contributed by atoms with Crippen molar-refractivity contribution >= 4 is 29.5 Å². The van der Waals surface area contributed by atoms with Gasteiger partial charge in [-0.2, -0.15) is 11.8 Å². The van der Waals surface area contributed by atoms with Gasteiger partial charge in [-0.05, 0) is 31.4 Å². The molecule has 5 N–H and O–H groups in total. The Labute approximate surface area is 151 Å². The van der Waals surface area contributed by atoms with E-state index < -0.39 is 17.0 Å². The Hall–Kier alpha value is -2.04. The van der Waals surface area contributed by atoms with E-state index in [2.05, 4.69) is 16.0 Å². The Morgan fingerprint density at radius 2 is 2.04 bits per heavy atom. The zero-order chi connectivity index (χ0) is 19.2. The van der Waals surface area contributed by atoms with Gasteiger partial charge in [-0.15, -0.1) is 0 Å². The van der Waals surface area contributed by atoms with Crippen molar-refractivity contribution in [1.29, 1.82) is 5.41 Å². The van der Waals surface area contributed by atoms with Gasteiger partial charge in [-0.3, -0.25) is 15.0 Å². The Balaban J connectivity index is 4.37. The third-order valence-corrected chi connectivity index (χ3v) is 3.49. The van der Waals surface area contributed by atoms with E-state index in [0.29, 0.717) is 18.8 Å². The number of hydrazine groups is 1. The van der Waals surface area contributed by atoms with Crippen LogP contribution in [0.4, 0.5) is 0 Å². The molecule has 0 bridgehead atoms. The first-order chi connectivity index (χ1) is 11.8. The summed E-state index contributed by atoms with van der Waals surface area (Å²) in [5, 5.41) is 24.5. The summed E-state index contributed by atoms with van der Waals surface area (Å²) in [5.74, 6) is -0.285. The molecule has 0 aromatic carbocycles. The molecule has 0 rings (SSSR count). The molecule has 1 radical (unpaired) electrons. The molecular weight excluding hydrogens is 348 g/mol. The van der Waals surface area contributed by atoms with Gasteiger partial charge in [-0.1, -0.05) is 19.3 Å². The summed E-state index contributed by atoms with van der Waals surface area (Å²) in [6, 6.07) is -0.692. The first-order valence-electron chi connectivity index (χ1n) is 7.90. The largest absolute Gasteiger partial charge is 0.352 e. The molecular formula is C14H27N6O4S. The first-order valence-corrected chi connectivity index (χ1v) is 9.29. The van der Waals surface area contributed by atoms with E-state index in [4.69, 9.17) is 5.41 Å². The quantitative estimate of drug-likeness (QED) is 0.108. The first kappa shape index (κ1) is 23.0. The second-order valence-corrected chi connectivity index (χ2v) is 6.57. The second-order valence-electron chi connectivity index (χ2n) is 5.71. The lowest BCUT2D eigenvalue weighted by Gasteiger charge is -2.18. The minimum atomic E-state index is -0.835. The van der Waals surface area contributed by atoms with Crippen molar-refractivity contribution in [2.75, 3.05) is 18.6 Å². The van der Waals surface area contributed by atoms with Crippen molar-refractivity contribution in [3.05, 3.63) is 16.7 Å². The summed E-state index contributed by atoms with van der Waals surface area (Å²) >= 11 is 1.36. The van der Waals surface area contributed by atoms with E-state index in [1.165, 1.54) is 11.8 Å². The Morgan fingerprint density at radius 1 is 1.36 bits per heavy atom. The lowest BCUT2D eigenvalue weighted by Crippen LogP contribution is -2.47. The summed E-state index contributed by atoms with van der Waals surface area (Å²) in [6.07, 6.45) is 3.31. The molecule has 25 heavy (non-hydrogen) atoms. The lowest BCUT2D eigenvalue weighted by atomic mass is 10.1. The highest BCUT2D eigenvalue weighted by Gasteiger charge is 2.20. The lowest BCUT2D eigenvalue weighted by molar-refractivity contribution is -0.525. The Kier molecular flexibility index (Phi) is 12.2. The maximum Gasteiger partial charge on any atom is 0.251 e. The van der Waals surface area contributed by atoms with Crippen LogP contribution in [0.2, 0.25) is 0 Å². The van der Waals surface area contributed by atoms with Crippen LogP contribution in [0.15, 0.2) is 0 Å². The van der Waals surface area contributed by atoms with Gasteiger partial charge in [0.25, 0.3) is 5.96 Å². The maximum absolute atomic E-state index is 12.2. The summed E-state index contributed by atoms with van der Waals surface area (Å²) in [7, 11) is 0. The molecule has 0 spiro atoms. The predicted molar refractivity (Wildman–Crippen MR) is 97.3 cm³/mol. The van der Waals surface area contributed by atoms with Gasteiger partial charge in [0, 0.05) is 13.1 Å². The third-order valence-electron chi connectivity index (χ3n) is 2.94. The normalized spacial score (nSPS) is 11.5. The summed E-state index contributed by atoms with van der Waals surface area (Å²) < 4.78 is 0. The third kappa shape index (κ3) is 13.0. The number of nitrogens with zero attached hydrogens (tertiary/aromatic N) is 1. The maximum atomic E-state index is 12.2. The number of carbonyl (C=O) groups excluding carboxylic acids is 2. The summed E-state index contributed by atoms with van der Waals surface area (Å²) in [6.45, 7) is 5.99. The number of carbonyl (C=O) groups is 2. The topological polar surface area (TPSA) is 149 Å². The van der Waals surface area contributed by atoms with Gasteiger partial charge in [-0.25, -0.2) is 10.1 Å². The molecule has 0 aromatic heterocycles. The number of nitrogens with one attached hydrogen (secondary N) is 5. The van der Waals surface area contributed by atoms with Gasteiger partial charge in [0.05, 0.1) is 5.75 Å². The molecule has 10 nitrogen and oxygen atoms in total. The van der Waals surface area contributed by atoms with E-state index in [1.807, 2.05) is 13.8 Å². The van der Waals surface area contributed by atoms with E-state index >= 15 is 0 Å². The van der Waals surface area contributed by atoms with Gasteiger partial charge < -0.3 is 16.0 Å². The fraction of sp³-hybridized carbons (Fsp3) is 0.714. The highest BCUT2D eigenvalue weighted by atomic mass is 32.2. The van der Waals surface area contributed by atoms with Crippen LogP contribution in [-0.2, 0) is 9.59 Å². The highest BCUT2D eigenvalue weighted by molar-refractivity contribution is 7.99. The molecule has 0 saturated carbocycles. The van der Waals surface area contributed by atoms with E-state index in [9.17, 15) is 19.7 Å². The van der Waals surface area contributed by atoms with Crippen LogP contribution in [0.3, 0.4) is 0 Å². The number of rotatable bonds is 12. The molecule has 1 atom stereocenters. The Morgan fingerprint density at radius 3 is 2.60 bits per heavy atom. The van der Waals surface area contributed by atoms with Crippen LogP contribution >= 0.6 is 11.8 Å². The highest BCUT2D eigenvalue weighted by Crippen LogP contribution is 2.03. The zero-order valence-electron chi connectivity index (χ0n) is 14.8.